The summed E-state index contributed by atoms with van der Waals surface area (Å²) in [5.41, 5.74) is 0. The molecule has 1 rings (SSSR count). The highest BCUT2D eigenvalue weighted by Crippen LogP contribution is 2.02. The molecular weight excluding hydrogens is 319 g/mol. The van der Waals surface area contributed by atoms with E-state index in [-0.39, 0.29) is 41.0 Å². The Kier molecular flexibility index (Phi) is 9.24. The van der Waals surface area contributed by atoms with E-state index in [1.807, 2.05) is 0 Å². The molecule has 2 nitrogen and oxygen atoms in total. The zero-order valence-electron chi connectivity index (χ0n) is 6.99. The third-order valence-electron chi connectivity index (χ3n) is 1.45. The van der Waals surface area contributed by atoms with Crippen molar-refractivity contribution in [3.05, 3.63) is 12.4 Å². The second-order valence-electron chi connectivity index (χ2n) is 2.51. The Hall–Kier alpha value is 0.550. The van der Waals surface area contributed by atoms with Gasteiger partial charge in [-0.15, -0.1) is 41.0 Å². The van der Waals surface area contributed by atoms with Crippen molar-refractivity contribution >= 4 is 41.0 Å². The minimum Gasteiger partial charge on any atom is -0.362 e. The van der Waals surface area contributed by atoms with Crippen molar-refractivity contribution in [1.29, 1.82) is 0 Å². The fourth-order valence-corrected chi connectivity index (χ4v) is 1.02. The van der Waals surface area contributed by atoms with Crippen LogP contribution in [0.5, 0.6) is 0 Å². The number of hydrogen-bond donors (Lipinski definition) is 0. The van der Waals surface area contributed by atoms with Crippen LogP contribution in [-0.2, 0) is 0 Å². The standard InChI is InChI=1S/C7H14N2.BrH.HI/c1-3-4-9-6-5-8(2)7-9;;/h5-6H,3-4,7H2,1-2H3;2*1H. The van der Waals surface area contributed by atoms with Gasteiger partial charge in [0.15, 0.2) is 0 Å². The third-order valence-corrected chi connectivity index (χ3v) is 1.45. The van der Waals surface area contributed by atoms with Crippen LogP contribution < -0.4 is 0 Å². The first-order chi connectivity index (χ1) is 4.33. The molecule has 11 heavy (non-hydrogen) atoms. The Morgan fingerprint density at radius 1 is 1.36 bits per heavy atom. The molecule has 0 aliphatic carbocycles. The van der Waals surface area contributed by atoms with E-state index in [9.17, 15) is 0 Å². The SMILES string of the molecule is Br.CCCN1C=CN(C)C1.I. The Labute approximate surface area is 96.4 Å². The van der Waals surface area contributed by atoms with Crippen LogP contribution in [0, 0.1) is 0 Å². The molecule has 0 radical (unpaired) electrons. The average molecular weight is 335 g/mol. The number of hydrogen-bond acceptors (Lipinski definition) is 2. The van der Waals surface area contributed by atoms with Crippen LogP contribution >= 0.6 is 41.0 Å². The molecule has 4 heteroatoms. The summed E-state index contributed by atoms with van der Waals surface area (Å²) in [6, 6.07) is 0. The van der Waals surface area contributed by atoms with Crippen molar-refractivity contribution in [3.63, 3.8) is 0 Å². The van der Waals surface area contributed by atoms with Gasteiger partial charge in [-0.25, -0.2) is 0 Å². The van der Waals surface area contributed by atoms with E-state index in [1.165, 1.54) is 13.0 Å². The van der Waals surface area contributed by atoms with Crippen molar-refractivity contribution in [3.8, 4) is 0 Å². The van der Waals surface area contributed by atoms with Gasteiger partial charge in [-0.1, -0.05) is 6.92 Å². The van der Waals surface area contributed by atoms with Gasteiger partial charge in [-0.2, -0.15) is 0 Å². The molecule has 0 saturated carbocycles. The molecule has 1 aliphatic rings. The van der Waals surface area contributed by atoms with Crippen LogP contribution in [0.1, 0.15) is 13.3 Å². The molecule has 0 N–H and O–H groups in total. The highest BCUT2D eigenvalue weighted by molar-refractivity contribution is 14.0. The summed E-state index contributed by atoms with van der Waals surface area (Å²) in [5, 5.41) is 0. The zero-order valence-corrected chi connectivity index (χ0v) is 11.0. The maximum absolute atomic E-state index is 2.31. The van der Waals surface area contributed by atoms with Crippen molar-refractivity contribution in [2.24, 2.45) is 0 Å². The summed E-state index contributed by atoms with van der Waals surface area (Å²) in [7, 11) is 2.09. The maximum Gasteiger partial charge on any atom is 0.0890 e. The van der Waals surface area contributed by atoms with E-state index in [1.54, 1.807) is 0 Å². The van der Waals surface area contributed by atoms with Gasteiger partial charge >= 0.3 is 0 Å². The van der Waals surface area contributed by atoms with Gasteiger partial charge < -0.3 is 9.80 Å². The van der Waals surface area contributed by atoms with Gasteiger partial charge in [-0.3, -0.25) is 0 Å². The topological polar surface area (TPSA) is 6.48 Å². The predicted molar refractivity (Wildman–Crippen MR) is 64.5 cm³/mol. The second-order valence-corrected chi connectivity index (χ2v) is 2.51. The molecular formula is C7H16BrIN2. The number of rotatable bonds is 2. The normalized spacial score (nSPS) is 14.4. The van der Waals surface area contributed by atoms with Crippen molar-refractivity contribution < 1.29 is 0 Å². The van der Waals surface area contributed by atoms with Gasteiger partial charge in [0.05, 0.1) is 6.67 Å². The van der Waals surface area contributed by atoms with E-state index >= 15 is 0 Å². The summed E-state index contributed by atoms with van der Waals surface area (Å²) in [6.45, 7) is 4.45. The third kappa shape index (κ3) is 4.90. The highest BCUT2D eigenvalue weighted by Gasteiger charge is 2.04. The summed E-state index contributed by atoms with van der Waals surface area (Å²) in [5.74, 6) is 0. The van der Waals surface area contributed by atoms with Crippen LogP contribution in [-0.4, -0.2) is 30.1 Å². The van der Waals surface area contributed by atoms with Crippen LogP contribution in [0.4, 0.5) is 0 Å². The average Bonchev–Trinajstić information content (AvgIpc) is 2.17. The fraction of sp³-hybridized carbons (Fsp3) is 0.714. The van der Waals surface area contributed by atoms with Gasteiger partial charge in [0.1, 0.15) is 0 Å². The molecule has 0 atom stereocenters. The lowest BCUT2D eigenvalue weighted by atomic mass is 10.4. The first-order valence-electron chi connectivity index (χ1n) is 3.45. The molecule has 0 unspecified atom stereocenters. The molecule has 0 aromatic rings. The van der Waals surface area contributed by atoms with E-state index in [0.717, 1.165) is 6.67 Å². The van der Waals surface area contributed by atoms with Crippen LogP contribution in [0.3, 0.4) is 0 Å². The molecule has 0 saturated heterocycles. The van der Waals surface area contributed by atoms with Crippen molar-refractivity contribution in [2.75, 3.05) is 20.3 Å². The first kappa shape index (κ1) is 14.1. The minimum absolute atomic E-state index is 0. The smallest absolute Gasteiger partial charge is 0.0890 e. The molecule has 0 spiro atoms. The Balaban J connectivity index is 0. The summed E-state index contributed by atoms with van der Waals surface area (Å²) >= 11 is 0. The molecule has 0 aromatic carbocycles. The molecule has 0 amide bonds. The van der Waals surface area contributed by atoms with Gasteiger partial charge in [-0.05, 0) is 6.42 Å². The highest BCUT2D eigenvalue weighted by atomic mass is 127. The molecule has 0 aromatic heterocycles. The van der Waals surface area contributed by atoms with Gasteiger partial charge in [0.25, 0.3) is 0 Å². The molecule has 0 fully saturated rings. The summed E-state index contributed by atoms with van der Waals surface area (Å²) in [6.07, 6.45) is 5.48. The van der Waals surface area contributed by atoms with Gasteiger partial charge in [0.2, 0.25) is 0 Å². The second kappa shape index (κ2) is 7.21. The largest absolute Gasteiger partial charge is 0.362 e. The Morgan fingerprint density at radius 2 is 2.00 bits per heavy atom. The molecule has 68 valence electrons. The molecule has 1 aliphatic heterocycles. The minimum atomic E-state index is 0. The number of halogens is 2. The Morgan fingerprint density at radius 3 is 2.36 bits per heavy atom. The van der Waals surface area contributed by atoms with E-state index in [4.69, 9.17) is 0 Å². The lowest BCUT2D eigenvalue weighted by molar-refractivity contribution is 0.297. The van der Waals surface area contributed by atoms with Gasteiger partial charge in [0, 0.05) is 26.0 Å². The van der Waals surface area contributed by atoms with E-state index < -0.39 is 0 Å². The lowest BCUT2D eigenvalue weighted by Gasteiger charge is -2.16. The van der Waals surface area contributed by atoms with E-state index in [0.29, 0.717) is 0 Å². The lowest BCUT2D eigenvalue weighted by Crippen LogP contribution is -2.22. The summed E-state index contributed by atoms with van der Waals surface area (Å²) < 4.78 is 0. The first-order valence-corrected chi connectivity index (χ1v) is 3.45. The molecule has 0 bridgehead atoms. The fourth-order valence-electron chi connectivity index (χ4n) is 1.02. The summed E-state index contributed by atoms with van der Waals surface area (Å²) in [4.78, 5) is 4.48. The van der Waals surface area contributed by atoms with Crippen molar-refractivity contribution in [2.45, 2.75) is 13.3 Å². The molecule has 1 heterocycles. The van der Waals surface area contributed by atoms with Crippen LogP contribution in [0.15, 0.2) is 12.4 Å². The number of nitrogens with zero attached hydrogens (tertiary/aromatic N) is 2. The zero-order chi connectivity index (χ0) is 6.69. The predicted octanol–water partition coefficient (Wildman–Crippen LogP) is 2.27. The van der Waals surface area contributed by atoms with Crippen molar-refractivity contribution in [1.82, 2.24) is 9.80 Å². The van der Waals surface area contributed by atoms with Crippen LogP contribution in [0.2, 0.25) is 0 Å². The quantitative estimate of drug-likeness (QED) is 0.715. The van der Waals surface area contributed by atoms with Crippen LogP contribution in [0.25, 0.3) is 0 Å². The Bertz CT molecular complexity index is 119. The van der Waals surface area contributed by atoms with E-state index in [2.05, 4.69) is 36.2 Å². The monoisotopic (exact) mass is 334 g/mol. The maximum atomic E-state index is 2.31.